The van der Waals surface area contributed by atoms with Gasteiger partial charge in [0.2, 0.25) is 5.95 Å². The van der Waals surface area contributed by atoms with Crippen LogP contribution in [0.5, 0.6) is 11.5 Å². The first kappa shape index (κ1) is 21.9. The Labute approximate surface area is 178 Å². The molecule has 0 radical (unpaired) electrons. The number of methoxy groups -OCH3 is 3. The monoisotopic (exact) mass is 431 g/mol. The highest BCUT2D eigenvalue weighted by Crippen LogP contribution is 2.35. The first-order chi connectivity index (χ1) is 14.3. The van der Waals surface area contributed by atoms with Gasteiger partial charge >= 0.3 is 0 Å². The van der Waals surface area contributed by atoms with Crippen LogP contribution in [0.4, 0.5) is 5.95 Å². The molecule has 0 saturated heterocycles. The second kappa shape index (κ2) is 8.95. The number of aromatic amines is 1. The van der Waals surface area contributed by atoms with Crippen molar-refractivity contribution in [2.24, 2.45) is 0 Å². The summed E-state index contributed by atoms with van der Waals surface area (Å²) in [6.45, 7) is 1.79. The van der Waals surface area contributed by atoms with Crippen LogP contribution in [0, 0.1) is 6.92 Å². The highest BCUT2D eigenvalue weighted by molar-refractivity contribution is 7.90. The molecule has 2 atom stereocenters. The van der Waals surface area contributed by atoms with Crippen LogP contribution in [-0.2, 0) is 15.9 Å². The van der Waals surface area contributed by atoms with Gasteiger partial charge in [0, 0.05) is 37.4 Å². The quantitative estimate of drug-likeness (QED) is 0.453. The zero-order valence-corrected chi connectivity index (χ0v) is 18.6. The molecule has 30 heavy (non-hydrogen) atoms. The fourth-order valence-electron chi connectivity index (χ4n) is 3.49. The standard InChI is InChI=1S/C21H25N3O5S/c1-12-17-15(11-16(27-3)18(12)28-4)22-21(23-19(17)25)24(2)20(29-5)13-8-7-9-14(10-13)30(6)26/h7-11,20H,1-6H3,(H,22,23,25). The van der Waals surface area contributed by atoms with Crippen molar-refractivity contribution in [2.75, 3.05) is 39.5 Å². The van der Waals surface area contributed by atoms with Gasteiger partial charge in [0.15, 0.2) is 22.6 Å². The number of aromatic nitrogens is 2. The Balaban J connectivity index is 2.11. The van der Waals surface area contributed by atoms with E-state index in [-0.39, 0.29) is 5.56 Å². The predicted octanol–water partition coefficient (Wildman–Crippen LogP) is 2.77. The van der Waals surface area contributed by atoms with Gasteiger partial charge in [-0.25, -0.2) is 0 Å². The maximum Gasteiger partial charge on any atom is 0.282 e. The molecule has 0 fully saturated rings. The van der Waals surface area contributed by atoms with Crippen molar-refractivity contribution in [1.29, 1.82) is 0 Å². The SMILES string of the molecule is COc1cc2[nH]c(N(C)C(OC)c3cccc([S+](C)[O-])c3)nc(=O)c2c(C)c1OC. The van der Waals surface area contributed by atoms with Crippen molar-refractivity contribution in [2.45, 2.75) is 18.0 Å². The van der Waals surface area contributed by atoms with E-state index < -0.39 is 17.4 Å². The summed E-state index contributed by atoms with van der Waals surface area (Å²) in [7, 11) is 6.40. The van der Waals surface area contributed by atoms with Crippen molar-refractivity contribution in [3.8, 4) is 11.5 Å². The highest BCUT2D eigenvalue weighted by atomic mass is 32.2. The van der Waals surface area contributed by atoms with E-state index in [2.05, 4.69) is 9.97 Å². The molecule has 0 amide bonds. The minimum absolute atomic E-state index is 0.328. The molecule has 2 aromatic carbocycles. The number of hydrogen-bond acceptors (Lipinski definition) is 7. The van der Waals surface area contributed by atoms with Gasteiger partial charge in [-0.1, -0.05) is 12.1 Å². The zero-order valence-electron chi connectivity index (χ0n) is 17.8. The van der Waals surface area contributed by atoms with Crippen molar-refractivity contribution >= 4 is 28.0 Å². The third-order valence-electron chi connectivity index (χ3n) is 4.96. The third-order valence-corrected chi connectivity index (χ3v) is 5.88. The number of hydrogen-bond donors (Lipinski definition) is 1. The number of nitrogens with one attached hydrogen (secondary N) is 1. The number of anilines is 1. The van der Waals surface area contributed by atoms with E-state index in [1.54, 1.807) is 51.5 Å². The number of H-pyrrole nitrogens is 1. The summed E-state index contributed by atoms with van der Waals surface area (Å²) in [4.78, 5) is 22.7. The molecule has 1 N–H and O–H groups in total. The number of ether oxygens (including phenoxy) is 3. The van der Waals surface area contributed by atoms with Crippen molar-refractivity contribution in [3.05, 3.63) is 51.8 Å². The molecule has 1 heterocycles. The Kier molecular flexibility index (Phi) is 6.55. The summed E-state index contributed by atoms with van der Waals surface area (Å²) >= 11 is -1.12. The van der Waals surface area contributed by atoms with E-state index in [1.807, 2.05) is 18.2 Å². The average molecular weight is 432 g/mol. The fraction of sp³-hybridized carbons (Fsp3) is 0.333. The molecular formula is C21H25N3O5S. The molecule has 9 heteroatoms. The van der Waals surface area contributed by atoms with Crippen LogP contribution in [0.25, 0.3) is 10.9 Å². The van der Waals surface area contributed by atoms with Crippen molar-refractivity contribution in [1.82, 2.24) is 9.97 Å². The molecule has 3 aromatic rings. The number of rotatable bonds is 7. The van der Waals surface area contributed by atoms with Crippen LogP contribution >= 0.6 is 0 Å². The Morgan fingerprint density at radius 1 is 1.20 bits per heavy atom. The fourth-order valence-corrected chi connectivity index (χ4v) is 4.06. The van der Waals surface area contributed by atoms with E-state index >= 15 is 0 Å². The molecule has 0 aliphatic carbocycles. The van der Waals surface area contributed by atoms with Crippen LogP contribution in [0.15, 0.2) is 40.0 Å². The lowest BCUT2D eigenvalue weighted by Crippen LogP contribution is -2.29. The Morgan fingerprint density at radius 3 is 2.53 bits per heavy atom. The molecule has 8 nitrogen and oxygen atoms in total. The molecule has 160 valence electrons. The van der Waals surface area contributed by atoms with Crippen LogP contribution in [0.2, 0.25) is 0 Å². The number of aryl methyl sites for hydroxylation is 1. The minimum atomic E-state index is -1.12. The molecule has 0 bridgehead atoms. The summed E-state index contributed by atoms with van der Waals surface area (Å²) in [6.07, 6.45) is 1.08. The second-order valence-corrected chi connectivity index (χ2v) is 8.13. The van der Waals surface area contributed by atoms with E-state index in [0.717, 1.165) is 5.56 Å². The smallest absolute Gasteiger partial charge is 0.282 e. The van der Waals surface area contributed by atoms with Gasteiger partial charge in [0.25, 0.3) is 5.56 Å². The van der Waals surface area contributed by atoms with E-state index in [0.29, 0.717) is 38.8 Å². The number of fused-ring (bicyclic) bond motifs is 1. The molecule has 0 spiro atoms. The predicted molar refractivity (Wildman–Crippen MR) is 117 cm³/mol. The third kappa shape index (κ3) is 3.96. The van der Waals surface area contributed by atoms with E-state index in [4.69, 9.17) is 14.2 Å². The molecule has 0 aliphatic heterocycles. The van der Waals surface area contributed by atoms with Crippen LogP contribution in [0.3, 0.4) is 0 Å². The van der Waals surface area contributed by atoms with E-state index in [9.17, 15) is 9.35 Å². The van der Waals surface area contributed by atoms with Gasteiger partial charge in [-0.3, -0.25) is 4.79 Å². The molecular weight excluding hydrogens is 406 g/mol. The maximum absolute atomic E-state index is 12.8. The van der Waals surface area contributed by atoms with E-state index in [1.165, 1.54) is 7.11 Å². The average Bonchev–Trinajstić information content (AvgIpc) is 2.73. The van der Waals surface area contributed by atoms with Crippen molar-refractivity contribution < 1.29 is 18.8 Å². The topological polar surface area (TPSA) is 99.7 Å². The maximum atomic E-state index is 12.8. The Bertz CT molecular complexity index is 1120. The largest absolute Gasteiger partial charge is 0.612 e. The van der Waals surface area contributed by atoms with Gasteiger partial charge in [0.05, 0.1) is 25.1 Å². The Morgan fingerprint density at radius 2 is 1.93 bits per heavy atom. The lowest BCUT2D eigenvalue weighted by Gasteiger charge is -2.28. The van der Waals surface area contributed by atoms with Crippen LogP contribution in [-0.4, -0.2) is 49.2 Å². The molecule has 0 saturated carbocycles. The summed E-state index contributed by atoms with van der Waals surface area (Å²) in [5.74, 6) is 1.34. The highest BCUT2D eigenvalue weighted by Gasteiger charge is 2.22. The molecule has 2 unspecified atom stereocenters. The summed E-state index contributed by atoms with van der Waals surface area (Å²) in [6, 6.07) is 9.02. The van der Waals surface area contributed by atoms with Crippen LogP contribution < -0.4 is 19.9 Å². The second-order valence-electron chi connectivity index (χ2n) is 6.75. The lowest BCUT2D eigenvalue weighted by molar-refractivity contribution is 0.103. The van der Waals surface area contributed by atoms with Crippen LogP contribution in [0.1, 0.15) is 17.4 Å². The van der Waals surface area contributed by atoms with Gasteiger partial charge in [-0.2, -0.15) is 4.98 Å². The summed E-state index contributed by atoms with van der Waals surface area (Å²) in [5.41, 5.74) is 1.63. The minimum Gasteiger partial charge on any atom is -0.612 e. The van der Waals surface area contributed by atoms with Gasteiger partial charge in [-0.15, -0.1) is 0 Å². The molecule has 1 aromatic heterocycles. The first-order valence-electron chi connectivity index (χ1n) is 9.17. The summed E-state index contributed by atoms with van der Waals surface area (Å²) < 4.78 is 28.3. The molecule has 0 aliphatic rings. The lowest BCUT2D eigenvalue weighted by atomic mass is 10.1. The van der Waals surface area contributed by atoms with Gasteiger partial charge < -0.3 is 28.6 Å². The molecule has 3 rings (SSSR count). The Hall–Kier alpha value is -2.75. The van der Waals surface area contributed by atoms with Gasteiger partial charge in [-0.05, 0) is 24.2 Å². The van der Waals surface area contributed by atoms with Gasteiger partial charge in [0.1, 0.15) is 6.26 Å². The van der Waals surface area contributed by atoms with Crippen molar-refractivity contribution in [3.63, 3.8) is 0 Å². The number of benzene rings is 2. The number of nitrogens with zero attached hydrogens (tertiary/aromatic N) is 2. The zero-order chi connectivity index (χ0) is 22.0. The first-order valence-corrected chi connectivity index (χ1v) is 10.7. The normalized spacial score (nSPS) is 13.2. The summed E-state index contributed by atoms with van der Waals surface area (Å²) in [5, 5.41) is 0.433.